The standard InChI is InChI=1S/C25H26F3NO/c1-2-3-4-5-19-8-13-22(14-9-19)23-15-10-20(11-16-23)6-7-21-12-17-24(29-18-21)30-25(26,27)28/h8-18H,2-7H2,1H3. The molecule has 0 amide bonds. The van der Waals surface area contributed by atoms with Crippen molar-refractivity contribution >= 4 is 0 Å². The monoisotopic (exact) mass is 413 g/mol. The second-order valence-electron chi connectivity index (χ2n) is 7.40. The number of halogens is 3. The molecule has 30 heavy (non-hydrogen) atoms. The number of rotatable bonds is 9. The summed E-state index contributed by atoms with van der Waals surface area (Å²) >= 11 is 0. The smallest absolute Gasteiger partial charge is 0.388 e. The van der Waals surface area contributed by atoms with Crippen LogP contribution in [0.3, 0.4) is 0 Å². The zero-order valence-corrected chi connectivity index (χ0v) is 17.1. The summed E-state index contributed by atoms with van der Waals surface area (Å²) in [7, 11) is 0. The number of ether oxygens (including phenoxy) is 1. The van der Waals surface area contributed by atoms with Gasteiger partial charge in [-0.15, -0.1) is 13.2 Å². The van der Waals surface area contributed by atoms with Crippen LogP contribution in [0.1, 0.15) is 42.9 Å². The first-order valence-corrected chi connectivity index (χ1v) is 10.3. The van der Waals surface area contributed by atoms with Crippen molar-refractivity contribution < 1.29 is 17.9 Å². The molecule has 5 heteroatoms. The molecule has 2 aromatic carbocycles. The van der Waals surface area contributed by atoms with E-state index >= 15 is 0 Å². The number of unbranched alkanes of at least 4 members (excludes halogenated alkanes) is 2. The molecule has 3 rings (SSSR count). The lowest BCUT2D eigenvalue weighted by molar-refractivity contribution is -0.276. The van der Waals surface area contributed by atoms with Crippen molar-refractivity contribution in [1.82, 2.24) is 4.98 Å². The van der Waals surface area contributed by atoms with Crippen LogP contribution in [-0.2, 0) is 19.3 Å². The summed E-state index contributed by atoms with van der Waals surface area (Å²) in [5.41, 5.74) is 5.79. The Bertz CT molecular complexity index is 901. The van der Waals surface area contributed by atoms with Gasteiger partial charge in [0, 0.05) is 12.3 Å². The van der Waals surface area contributed by atoms with E-state index in [1.165, 1.54) is 53.8 Å². The normalized spacial score (nSPS) is 11.5. The van der Waals surface area contributed by atoms with E-state index in [0.29, 0.717) is 6.42 Å². The molecule has 0 bridgehead atoms. The maximum Gasteiger partial charge on any atom is 0.574 e. The number of alkyl halides is 3. The molecule has 0 spiro atoms. The minimum absolute atomic E-state index is 0.438. The molecule has 1 aromatic heterocycles. The summed E-state index contributed by atoms with van der Waals surface area (Å²) in [5, 5.41) is 0. The number of aryl methyl sites for hydroxylation is 3. The summed E-state index contributed by atoms with van der Waals surface area (Å²) in [6.45, 7) is 2.22. The van der Waals surface area contributed by atoms with E-state index in [2.05, 4.69) is 65.2 Å². The highest BCUT2D eigenvalue weighted by Crippen LogP contribution is 2.23. The number of nitrogens with zero attached hydrogens (tertiary/aromatic N) is 1. The van der Waals surface area contributed by atoms with Crippen molar-refractivity contribution in [2.75, 3.05) is 0 Å². The van der Waals surface area contributed by atoms with Crippen LogP contribution in [0.15, 0.2) is 66.9 Å². The van der Waals surface area contributed by atoms with Crippen LogP contribution in [-0.4, -0.2) is 11.3 Å². The molecule has 1 heterocycles. The Morgan fingerprint density at radius 3 is 1.73 bits per heavy atom. The van der Waals surface area contributed by atoms with E-state index < -0.39 is 12.2 Å². The highest BCUT2D eigenvalue weighted by Gasteiger charge is 2.31. The minimum atomic E-state index is -4.72. The highest BCUT2D eigenvalue weighted by molar-refractivity contribution is 5.64. The second-order valence-corrected chi connectivity index (χ2v) is 7.40. The van der Waals surface area contributed by atoms with Crippen molar-refractivity contribution in [1.29, 1.82) is 0 Å². The zero-order chi connectivity index (χ0) is 21.4. The van der Waals surface area contributed by atoms with E-state index in [4.69, 9.17) is 0 Å². The van der Waals surface area contributed by atoms with Gasteiger partial charge in [0.1, 0.15) is 0 Å². The fourth-order valence-corrected chi connectivity index (χ4v) is 3.33. The highest BCUT2D eigenvalue weighted by atomic mass is 19.4. The van der Waals surface area contributed by atoms with E-state index in [-0.39, 0.29) is 0 Å². The van der Waals surface area contributed by atoms with Crippen molar-refractivity contribution in [3.05, 3.63) is 83.6 Å². The van der Waals surface area contributed by atoms with Gasteiger partial charge in [0.05, 0.1) is 0 Å². The number of benzene rings is 2. The first-order chi connectivity index (χ1) is 14.4. The van der Waals surface area contributed by atoms with Crippen LogP contribution in [0.5, 0.6) is 5.88 Å². The van der Waals surface area contributed by atoms with Gasteiger partial charge in [-0.3, -0.25) is 0 Å². The van der Waals surface area contributed by atoms with Gasteiger partial charge in [-0.05, 0) is 53.5 Å². The molecule has 0 saturated heterocycles. The topological polar surface area (TPSA) is 22.1 Å². The van der Waals surface area contributed by atoms with Gasteiger partial charge in [0.15, 0.2) is 0 Å². The lowest BCUT2D eigenvalue weighted by Gasteiger charge is -2.08. The molecule has 158 valence electrons. The average molecular weight is 413 g/mol. The maximum atomic E-state index is 12.2. The molecule has 0 N–H and O–H groups in total. The van der Waals surface area contributed by atoms with Gasteiger partial charge < -0.3 is 4.74 Å². The third-order valence-corrected chi connectivity index (χ3v) is 5.03. The van der Waals surface area contributed by atoms with Gasteiger partial charge in [-0.1, -0.05) is 74.4 Å². The van der Waals surface area contributed by atoms with Crippen molar-refractivity contribution in [3.8, 4) is 17.0 Å². The molecule has 2 nitrogen and oxygen atoms in total. The predicted molar refractivity (Wildman–Crippen MR) is 113 cm³/mol. The lowest BCUT2D eigenvalue weighted by atomic mass is 9.99. The minimum Gasteiger partial charge on any atom is -0.388 e. The van der Waals surface area contributed by atoms with E-state index in [9.17, 15) is 13.2 Å². The molecule has 0 aliphatic heterocycles. The largest absolute Gasteiger partial charge is 0.574 e. The molecule has 0 aliphatic carbocycles. The Kier molecular flexibility index (Phi) is 7.50. The van der Waals surface area contributed by atoms with Crippen LogP contribution >= 0.6 is 0 Å². The molecule has 3 aromatic rings. The summed E-state index contributed by atoms with van der Waals surface area (Å²) < 4.78 is 40.4. The van der Waals surface area contributed by atoms with Crippen LogP contribution < -0.4 is 4.74 Å². The molecule has 0 atom stereocenters. The zero-order valence-electron chi connectivity index (χ0n) is 17.1. The third-order valence-electron chi connectivity index (χ3n) is 5.03. The molecule has 0 saturated carbocycles. The summed E-state index contributed by atoms with van der Waals surface area (Å²) in [6.07, 6.45) is 3.07. The fraction of sp³-hybridized carbons (Fsp3) is 0.320. The summed E-state index contributed by atoms with van der Waals surface area (Å²) in [5.74, 6) is -0.438. The first-order valence-electron chi connectivity index (χ1n) is 10.3. The van der Waals surface area contributed by atoms with Crippen molar-refractivity contribution in [3.63, 3.8) is 0 Å². The number of hydrogen-bond donors (Lipinski definition) is 0. The van der Waals surface area contributed by atoms with Crippen molar-refractivity contribution in [2.45, 2.75) is 51.8 Å². The molecule has 0 unspecified atom stereocenters. The Hall–Kier alpha value is -2.82. The van der Waals surface area contributed by atoms with E-state index in [0.717, 1.165) is 18.4 Å². The number of pyridine rings is 1. The van der Waals surface area contributed by atoms with Crippen LogP contribution in [0.2, 0.25) is 0 Å². The molecular weight excluding hydrogens is 387 g/mol. The Morgan fingerprint density at radius 1 is 0.700 bits per heavy atom. The Morgan fingerprint density at radius 2 is 1.23 bits per heavy atom. The SMILES string of the molecule is CCCCCc1ccc(-c2ccc(CCc3ccc(OC(F)(F)F)nc3)cc2)cc1. The average Bonchev–Trinajstić information content (AvgIpc) is 2.73. The van der Waals surface area contributed by atoms with Gasteiger partial charge >= 0.3 is 6.36 Å². The number of hydrogen-bond acceptors (Lipinski definition) is 2. The summed E-state index contributed by atoms with van der Waals surface area (Å²) in [4.78, 5) is 3.72. The molecular formula is C25H26F3NO. The van der Waals surface area contributed by atoms with Crippen LogP contribution in [0, 0.1) is 0 Å². The van der Waals surface area contributed by atoms with E-state index in [1.54, 1.807) is 6.07 Å². The molecule has 0 aliphatic rings. The molecule has 0 radical (unpaired) electrons. The Balaban J connectivity index is 1.53. The predicted octanol–water partition coefficient (Wildman–Crippen LogP) is 7.17. The van der Waals surface area contributed by atoms with Gasteiger partial charge in [0.2, 0.25) is 5.88 Å². The van der Waals surface area contributed by atoms with Gasteiger partial charge in [0.25, 0.3) is 0 Å². The third kappa shape index (κ3) is 6.90. The van der Waals surface area contributed by atoms with Crippen LogP contribution in [0.4, 0.5) is 13.2 Å². The first kappa shape index (κ1) is 21.9. The summed E-state index contributed by atoms with van der Waals surface area (Å²) in [6, 6.07) is 20.0. The lowest BCUT2D eigenvalue weighted by Crippen LogP contribution is -2.17. The number of aromatic nitrogens is 1. The fourth-order valence-electron chi connectivity index (χ4n) is 3.33. The Labute approximate surface area is 175 Å². The van der Waals surface area contributed by atoms with Gasteiger partial charge in [-0.2, -0.15) is 0 Å². The van der Waals surface area contributed by atoms with Crippen molar-refractivity contribution in [2.24, 2.45) is 0 Å². The quantitative estimate of drug-likeness (QED) is 0.347. The van der Waals surface area contributed by atoms with E-state index in [1.807, 2.05) is 0 Å². The molecule has 0 fully saturated rings. The maximum absolute atomic E-state index is 12.2. The second kappa shape index (κ2) is 10.3. The van der Waals surface area contributed by atoms with Crippen LogP contribution in [0.25, 0.3) is 11.1 Å². The van der Waals surface area contributed by atoms with Gasteiger partial charge in [-0.25, -0.2) is 4.98 Å².